The number of hydrogen-bond acceptors (Lipinski definition) is 7. The first-order valence-electron chi connectivity index (χ1n) is 12.6. The van der Waals surface area contributed by atoms with Crippen LogP contribution in [0.5, 0.6) is 11.5 Å². The van der Waals surface area contributed by atoms with E-state index in [1.807, 2.05) is 13.0 Å². The minimum absolute atomic E-state index is 0.191. The van der Waals surface area contributed by atoms with E-state index in [1.165, 1.54) is 0 Å². The van der Waals surface area contributed by atoms with E-state index in [0.717, 1.165) is 5.56 Å². The molecule has 0 bridgehead atoms. The molecule has 6 rings (SSSR count). The van der Waals surface area contributed by atoms with E-state index in [2.05, 4.69) is 19.9 Å². The van der Waals surface area contributed by atoms with Gasteiger partial charge in [0.2, 0.25) is 0 Å². The first kappa shape index (κ1) is 35.1. The lowest BCUT2D eigenvalue weighted by Gasteiger charge is -2.10. The Hall–Kier alpha value is -2.79. The van der Waals surface area contributed by atoms with Gasteiger partial charge in [0.25, 0.3) is 0 Å². The van der Waals surface area contributed by atoms with Crippen molar-refractivity contribution in [3.05, 3.63) is 114 Å². The topological polar surface area (TPSA) is 90.3 Å². The number of methoxy groups -OCH3 is 1. The first-order chi connectivity index (χ1) is 21.5. The van der Waals surface area contributed by atoms with Gasteiger partial charge < -0.3 is 14.4 Å². The molecule has 0 unspecified atom stereocenters. The van der Waals surface area contributed by atoms with Crippen LogP contribution in [0.15, 0.2) is 72.8 Å². The van der Waals surface area contributed by atoms with Gasteiger partial charge in [0.05, 0.1) is 29.2 Å². The number of aryl methyl sites for hydroxylation is 1. The Balaban J connectivity index is 0.000000165. The second kappa shape index (κ2) is 16.2. The maximum absolute atomic E-state index is 8.34. The molecule has 0 spiro atoms. The highest BCUT2D eigenvalue weighted by Gasteiger charge is 2.15. The van der Waals surface area contributed by atoms with Gasteiger partial charge in [-0.1, -0.05) is 87.3 Å². The fourth-order valence-corrected chi connectivity index (χ4v) is 4.95. The predicted molar refractivity (Wildman–Crippen MR) is 186 cm³/mol. The highest BCUT2D eigenvalue weighted by Crippen LogP contribution is 2.36. The summed E-state index contributed by atoms with van der Waals surface area (Å²) in [5, 5.41) is 11.4. The molecule has 0 amide bonds. The van der Waals surface area contributed by atoms with Crippen molar-refractivity contribution in [3.8, 4) is 22.8 Å². The van der Waals surface area contributed by atoms with E-state index in [1.54, 1.807) is 73.8 Å². The van der Waals surface area contributed by atoms with Crippen molar-refractivity contribution in [2.45, 2.75) is 6.92 Å². The molecule has 0 saturated carbocycles. The summed E-state index contributed by atoms with van der Waals surface area (Å²) in [6.07, 6.45) is 0. The van der Waals surface area contributed by atoms with Crippen LogP contribution in [0.3, 0.4) is 0 Å². The molecule has 0 saturated heterocycles. The fourth-order valence-electron chi connectivity index (χ4n) is 3.78. The lowest BCUT2D eigenvalue weighted by atomic mass is 10.1. The van der Waals surface area contributed by atoms with Crippen molar-refractivity contribution >= 4 is 111 Å². The number of hydrogen-bond donors (Lipinski definition) is 1. The third kappa shape index (κ3) is 9.38. The van der Waals surface area contributed by atoms with E-state index in [-0.39, 0.29) is 15.5 Å². The Kier molecular flexibility index (Phi) is 12.6. The minimum Gasteiger partial charge on any atom is -0.537 e. The van der Waals surface area contributed by atoms with Crippen molar-refractivity contribution in [2.75, 3.05) is 7.11 Å². The van der Waals surface area contributed by atoms with Gasteiger partial charge in [-0.3, -0.25) is 0 Å². The van der Waals surface area contributed by atoms with Crippen LogP contribution in [-0.2, 0) is 0 Å². The monoisotopic (exact) mass is 739 g/mol. The zero-order valence-corrected chi connectivity index (χ0v) is 28.5. The Morgan fingerprint density at radius 3 is 1.64 bits per heavy atom. The van der Waals surface area contributed by atoms with Crippen LogP contribution in [0.25, 0.3) is 33.3 Å². The van der Waals surface area contributed by atoms with Gasteiger partial charge in [0.1, 0.15) is 17.2 Å². The zero-order valence-electron chi connectivity index (χ0n) is 23.2. The van der Waals surface area contributed by atoms with Crippen molar-refractivity contribution in [1.82, 2.24) is 19.9 Å². The quantitative estimate of drug-likeness (QED) is 0.180. The minimum atomic E-state index is 0.191. The number of fused-ring (bicyclic) bond motifs is 2. The average Bonchev–Trinajstić information content (AvgIpc) is 3.00. The molecule has 2 aromatic heterocycles. The summed E-state index contributed by atoms with van der Waals surface area (Å²) in [5.41, 5.74) is 4.77. The molecule has 1 radical (unpaired) electrons. The smallest absolute Gasteiger partial charge is 0.537 e. The van der Waals surface area contributed by atoms with Crippen LogP contribution in [0, 0.1) is 6.92 Å². The molecule has 6 aromatic rings. The van der Waals surface area contributed by atoms with Crippen LogP contribution in [0.4, 0.5) is 0 Å². The van der Waals surface area contributed by atoms with E-state index >= 15 is 0 Å². The second-order valence-corrected chi connectivity index (χ2v) is 11.7. The molecule has 1 N–H and O–H groups in total. The molecule has 0 aliphatic carbocycles. The van der Waals surface area contributed by atoms with Crippen LogP contribution in [-0.4, -0.2) is 39.8 Å². The summed E-state index contributed by atoms with van der Waals surface area (Å²) in [7, 11) is 2.21. The van der Waals surface area contributed by atoms with Crippen LogP contribution in [0.1, 0.15) is 5.56 Å². The molecule has 229 valence electrons. The van der Waals surface area contributed by atoms with Gasteiger partial charge in [-0.25, -0.2) is 19.9 Å². The highest BCUT2D eigenvalue weighted by atomic mass is 35.5. The molecule has 2 heterocycles. The normalized spacial score (nSPS) is 10.4. The van der Waals surface area contributed by atoms with Crippen molar-refractivity contribution < 1.29 is 14.4 Å². The summed E-state index contributed by atoms with van der Waals surface area (Å²) >= 11 is 41.1. The van der Waals surface area contributed by atoms with Crippen LogP contribution in [0.2, 0.25) is 35.5 Å². The standard InChI is InChI=1S/C15H9Cl3N2O.C8H3Cl3N2.C7H7BClO2/c1-21-13-5-3-8(16)6-10(13)14-15(18)20-11-4-2-9(17)7-12(11)19-14;9-4-1-2-5-6(3-4)13-8(11)7(10)12-5;1-5-2-3-6(9)4-7(5)11-8-10/h2-7H,1H3;1-3H;2-4,10H,1H3. The van der Waals surface area contributed by atoms with E-state index in [0.29, 0.717) is 72.6 Å². The molecule has 0 aliphatic heterocycles. The molecular formula is C30H19BCl7N4O3. The summed E-state index contributed by atoms with van der Waals surface area (Å²) in [6, 6.07) is 20.9. The maximum Gasteiger partial charge on any atom is 0.569 e. The van der Waals surface area contributed by atoms with Gasteiger partial charge in [-0.05, 0) is 79.2 Å². The van der Waals surface area contributed by atoms with Gasteiger partial charge in [0.15, 0.2) is 15.5 Å². The van der Waals surface area contributed by atoms with E-state index in [4.69, 9.17) is 95.6 Å². The predicted octanol–water partition coefficient (Wildman–Crippen LogP) is 10.4. The summed E-state index contributed by atoms with van der Waals surface area (Å²) in [6.45, 7) is 1.87. The van der Waals surface area contributed by atoms with Gasteiger partial charge in [-0.2, -0.15) is 0 Å². The van der Waals surface area contributed by atoms with Gasteiger partial charge in [0, 0.05) is 25.7 Å². The van der Waals surface area contributed by atoms with Gasteiger partial charge >= 0.3 is 7.69 Å². The SMILES string of the molecule is COc1ccc(Cl)cc1-c1nc2cc(Cl)ccc2nc1Cl.Cc1ccc(Cl)cc1O[B]O.Clc1ccc2nc(Cl)c(Cl)nc2c1. The van der Waals surface area contributed by atoms with Gasteiger partial charge in [-0.15, -0.1) is 0 Å². The third-order valence-electron chi connectivity index (χ3n) is 5.88. The number of nitrogens with zero attached hydrogens (tertiary/aromatic N) is 4. The molecule has 0 aliphatic rings. The average molecular weight is 742 g/mol. The molecular weight excluding hydrogens is 723 g/mol. The van der Waals surface area contributed by atoms with Crippen molar-refractivity contribution in [1.29, 1.82) is 0 Å². The van der Waals surface area contributed by atoms with E-state index < -0.39 is 0 Å². The largest absolute Gasteiger partial charge is 0.569 e. The highest BCUT2D eigenvalue weighted by molar-refractivity contribution is 6.40. The summed E-state index contributed by atoms with van der Waals surface area (Å²) in [4.78, 5) is 16.9. The van der Waals surface area contributed by atoms with Crippen LogP contribution < -0.4 is 9.39 Å². The molecule has 4 aromatic carbocycles. The lowest BCUT2D eigenvalue weighted by molar-refractivity contribution is 0.416. The maximum atomic E-state index is 8.34. The van der Waals surface area contributed by atoms with Crippen molar-refractivity contribution in [3.63, 3.8) is 0 Å². The second-order valence-electron chi connectivity index (χ2n) is 8.91. The Bertz CT molecular complexity index is 1990. The number of rotatable bonds is 4. The lowest BCUT2D eigenvalue weighted by Crippen LogP contribution is -2.00. The first-order valence-corrected chi connectivity index (χ1v) is 15.3. The Labute approximate surface area is 294 Å². The number of aromatic nitrogens is 4. The molecule has 15 heteroatoms. The molecule has 0 fully saturated rings. The third-order valence-corrected chi connectivity index (χ3v) is 7.70. The summed E-state index contributed by atoms with van der Waals surface area (Å²) < 4.78 is 10.1. The van der Waals surface area contributed by atoms with Crippen molar-refractivity contribution in [2.24, 2.45) is 0 Å². The molecule has 7 nitrogen and oxygen atoms in total. The Morgan fingerprint density at radius 2 is 1.04 bits per heavy atom. The van der Waals surface area contributed by atoms with E-state index in [9.17, 15) is 0 Å². The fraction of sp³-hybridized carbons (Fsp3) is 0.0667. The Morgan fingerprint density at radius 1 is 0.556 bits per heavy atom. The zero-order chi connectivity index (χ0) is 32.7. The van der Waals surface area contributed by atoms with Crippen LogP contribution >= 0.6 is 81.2 Å². The number of halogens is 7. The molecule has 45 heavy (non-hydrogen) atoms. The summed E-state index contributed by atoms with van der Waals surface area (Å²) in [5.74, 6) is 1.19. The number of ether oxygens (including phenoxy) is 1. The molecule has 0 atom stereocenters. The number of benzene rings is 4.